The van der Waals surface area contributed by atoms with Crippen molar-refractivity contribution in [1.82, 2.24) is 4.57 Å². The Morgan fingerprint density at radius 1 is 1.36 bits per heavy atom. The molecule has 2 rings (SSSR count). The van der Waals surface area contributed by atoms with Gasteiger partial charge in [0.15, 0.2) is 0 Å². The van der Waals surface area contributed by atoms with Gasteiger partial charge in [-0.3, -0.25) is 0 Å². The Labute approximate surface area is 86.7 Å². The van der Waals surface area contributed by atoms with Gasteiger partial charge in [0.25, 0.3) is 0 Å². The summed E-state index contributed by atoms with van der Waals surface area (Å²) in [6, 6.07) is 5.31. The van der Waals surface area contributed by atoms with Gasteiger partial charge in [-0.15, -0.1) is 0 Å². The summed E-state index contributed by atoms with van der Waals surface area (Å²) in [6.45, 7) is 0. The fourth-order valence-corrected chi connectivity index (χ4v) is 1.76. The van der Waals surface area contributed by atoms with Gasteiger partial charge in [0.1, 0.15) is 0 Å². The normalized spacial score (nSPS) is 10.9. The van der Waals surface area contributed by atoms with E-state index in [1.165, 1.54) is 0 Å². The first-order valence-corrected chi connectivity index (χ1v) is 4.58. The van der Waals surface area contributed by atoms with E-state index in [4.69, 9.17) is 21.6 Å². The number of rotatable bonds is 1. The summed E-state index contributed by atoms with van der Waals surface area (Å²) in [4.78, 5) is 0. The van der Waals surface area contributed by atoms with Gasteiger partial charge in [-0.05, 0) is 17.5 Å². The molecule has 0 radical (unpaired) electrons. The van der Waals surface area contributed by atoms with Gasteiger partial charge in [-0.1, -0.05) is 17.7 Å². The summed E-state index contributed by atoms with van der Waals surface area (Å²) in [5.41, 5.74) is 1.31. The Morgan fingerprint density at radius 3 is 2.71 bits per heavy atom. The summed E-state index contributed by atoms with van der Waals surface area (Å²) >= 11 is 5.89. The van der Waals surface area contributed by atoms with Crippen LogP contribution in [0.25, 0.3) is 10.9 Å². The summed E-state index contributed by atoms with van der Waals surface area (Å²) in [5, 5.41) is 19.4. The summed E-state index contributed by atoms with van der Waals surface area (Å²) in [5.74, 6) is 0. The van der Waals surface area contributed by atoms with Crippen LogP contribution in [0.5, 0.6) is 0 Å². The van der Waals surface area contributed by atoms with Gasteiger partial charge in [0.2, 0.25) is 0 Å². The Morgan fingerprint density at radius 2 is 2.07 bits per heavy atom. The second-order valence-electron chi connectivity index (χ2n) is 3.23. The van der Waals surface area contributed by atoms with Crippen LogP contribution >= 0.6 is 11.6 Å². The van der Waals surface area contributed by atoms with Gasteiger partial charge >= 0.3 is 7.12 Å². The maximum Gasteiger partial charge on any atom is 0.489 e. The van der Waals surface area contributed by atoms with Crippen molar-refractivity contribution < 1.29 is 10.0 Å². The molecule has 5 heteroatoms. The van der Waals surface area contributed by atoms with Crippen molar-refractivity contribution >= 4 is 35.1 Å². The van der Waals surface area contributed by atoms with Crippen LogP contribution in [-0.4, -0.2) is 21.7 Å². The van der Waals surface area contributed by atoms with Crippen molar-refractivity contribution in [2.75, 3.05) is 0 Å². The number of hydrogen-bond acceptors (Lipinski definition) is 2. The molecule has 0 atom stereocenters. The van der Waals surface area contributed by atoms with Gasteiger partial charge in [0.05, 0.1) is 0 Å². The van der Waals surface area contributed by atoms with E-state index in [9.17, 15) is 0 Å². The van der Waals surface area contributed by atoms with E-state index in [2.05, 4.69) is 0 Å². The lowest BCUT2D eigenvalue weighted by Gasteiger charge is -2.04. The topological polar surface area (TPSA) is 45.4 Å². The Kier molecular flexibility index (Phi) is 2.27. The van der Waals surface area contributed by atoms with Crippen LogP contribution in [0.4, 0.5) is 0 Å². The zero-order chi connectivity index (χ0) is 10.3. The fourth-order valence-electron chi connectivity index (χ4n) is 1.51. The minimum atomic E-state index is -1.52. The van der Waals surface area contributed by atoms with Crippen LogP contribution in [0, 0.1) is 0 Å². The minimum absolute atomic E-state index is 0.338. The van der Waals surface area contributed by atoms with Crippen molar-refractivity contribution in [3.63, 3.8) is 0 Å². The molecule has 0 bridgehead atoms. The molecule has 1 aromatic carbocycles. The molecule has 0 saturated carbocycles. The molecule has 3 nitrogen and oxygen atoms in total. The molecule has 1 heterocycles. The third-order valence-corrected chi connectivity index (χ3v) is 2.61. The Hall–Kier alpha value is -0.965. The fraction of sp³-hybridized carbons (Fsp3) is 0.111. The molecule has 2 aromatic rings. The standard InChI is InChI=1S/C9H9BClNO2/c1-12-3-2-6-4-7(10(13)14)8(11)5-9(6)12/h2-5,13-14H,1H3. The number of halogens is 1. The van der Waals surface area contributed by atoms with E-state index in [1.807, 2.05) is 23.9 Å². The number of aromatic nitrogens is 1. The molecule has 0 saturated heterocycles. The number of benzene rings is 1. The highest BCUT2D eigenvalue weighted by Crippen LogP contribution is 2.18. The van der Waals surface area contributed by atoms with Crippen molar-refractivity contribution in [1.29, 1.82) is 0 Å². The van der Waals surface area contributed by atoms with E-state index < -0.39 is 7.12 Å². The van der Waals surface area contributed by atoms with E-state index >= 15 is 0 Å². The molecule has 0 spiro atoms. The van der Waals surface area contributed by atoms with Gasteiger partial charge < -0.3 is 14.6 Å². The average molecular weight is 209 g/mol. The maximum absolute atomic E-state index is 9.04. The first-order valence-electron chi connectivity index (χ1n) is 4.20. The zero-order valence-electron chi connectivity index (χ0n) is 7.61. The number of hydrogen-bond donors (Lipinski definition) is 2. The van der Waals surface area contributed by atoms with Crippen molar-refractivity contribution in [3.05, 3.63) is 29.4 Å². The van der Waals surface area contributed by atoms with Crippen LogP contribution < -0.4 is 5.46 Å². The highest BCUT2D eigenvalue weighted by atomic mass is 35.5. The lowest BCUT2D eigenvalue weighted by molar-refractivity contribution is 0.426. The predicted octanol–water partition coefficient (Wildman–Crippen LogP) is 0.511. The minimum Gasteiger partial charge on any atom is -0.423 e. The van der Waals surface area contributed by atoms with Crippen LogP contribution in [0.1, 0.15) is 0 Å². The monoisotopic (exact) mass is 209 g/mol. The highest BCUT2D eigenvalue weighted by Gasteiger charge is 2.16. The summed E-state index contributed by atoms with van der Waals surface area (Å²) in [6.07, 6.45) is 1.90. The SMILES string of the molecule is Cn1ccc2cc(B(O)O)c(Cl)cc21. The molecular formula is C9H9BClNO2. The Bertz CT molecular complexity index is 481. The van der Waals surface area contributed by atoms with Crippen LogP contribution in [0.15, 0.2) is 24.4 Å². The molecule has 0 aliphatic heterocycles. The molecule has 0 aliphatic carbocycles. The first-order chi connectivity index (χ1) is 6.59. The Balaban J connectivity index is 2.72. The molecular weight excluding hydrogens is 200 g/mol. The maximum atomic E-state index is 9.04. The summed E-state index contributed by atoms with van der Waals surface area (Å²) in [7, 11) is 0.389. The van der Waals surface area contributed by atoms with Gasteiger partial charge in [-0.25, -0.2) is 0 Å². The van der Waals surface area contributed by atoms with E-state index in [-0.39, 0.29) is 0 Å². The number of fused-ring (bicyclic) bond motifs is 1. The third kappa shape index (κ3) is 1.41. The predicted molar refractivity (Wildman–Crippen MR) is 57.8 cm³/mol. The second-order valence-corrected chi connectivity index (χ2v) is 3.64. The number of aryl methyl sites for hydroxylation is 1. The lowest BCUT2D eigenvalue weighted by atomic mass is 9.80. The number of nitrogens with zero attached hydrogens (tertiary/aromatic N) is 1. The largest absolute Gasteiger partial charge is 0.489 e. The molecule has 0 aliphatic rings. The van der Waals surface area contributed by atoms with Gasteiger partial charge in [0, 0.05) is 29.2 Å². The van der Waals surface area contributed by atoms with Gasteiger partial charge in [-0.2, -0.15) is 0 Å². The zero-order valence-corrected chi connectivity index (χ0v) is 8.36. The molecule has 72 valence electrons. The molecule has 0 amide bonds. The van der Waals surface area contributed by atoms with Crippen molar-refractivity contribution in [2.45, 2.75) is 0 Å². The van der Waals surface area contributed by atoms with E-state index in [1.54, 1.807) is 12.1 Å². The quantitative estimate of drug-likeness (QED) is 0.672. The van der Waals surface area contributed by atoms with Crippen molar-refractivity contribution in [2.24, 2.45) is 7.05 Å². The lowest BCUT2D eigenvalue weighted by Crippen LogP contribution is -2.30. The van der Waals surface area contributed by atoms with E-state index in [0.717, 1.165) is 10.9 Å². The average Bonchev–Trinajstić information content (AvgIpc) is 2.46. The smallest absolute Gasteiger partial charge is 0.423 e. The van der Waals surface area contributed by atoms with E-state index in [0.29, 0.717) is 10.5 Å². The molecule has 2 N–H and O–H groups in total. The summed E-state index contributed by atoms with van der Waals surface area (Å²) < 4.78 is 1.93. The second kappa shape index (κ2) is 3.31. The highest BCUT2D eigenvalue weighted by molar-refractivity contribution is 6.63. The molecule has 14 heavy (non-hydrogen) atoms. The van der Waals surface area contributed by atoms with Crippen molar-refractivity contribution in [3.8, 4) is 0 Å². The van der Waals surface area contributed by atoms with Crippen LogP contribution in [0.2, 0.25) is 5.02 Å². The molecule has 0 unspecified atom stereocenters. The first kappa shape index (κ1) is 9.58. The van der Waals surface area contributed by atoms with Crippen LogP contribution in [0.3, 0.4) is 0 Å². The molecule has 1 aromatic heterocycles. The molecule has 0 fully saturated rings. The van der Waals surface area contributed by atoms with Crippen LogP contribution in [-0.2, 0) is 7.05 Å². The third-order valence-electron chi connectivity index (χ3n) is 2.28.